The summed E-state index contributed by atoms with van der Waals surface area (Å²) in [5, 5.41) is 13.7. The number of aromatic amines is 1. The van der Waals surface area contributed by atoms with Crippen LogP contribution >= 0.6 is 0 Å². The fourth-order valence-electron chi connectivity index (χ4n) is 3.31. The molecule has 0 spiro atoms. The number of halogens is 3. The lowest BCUT2D eigenvalue weighted by atomic mass is 10.1. The van der Waals surface area contributed by atoms with Crippen molar-refractivity contribution >= 4 is 5.91 Å². The molecule has 0 saturated carbocycles. The molecule has 6 nitrogen and oxygen atoms in total. The van der Waals surface area contributed by atoms with Crippen molar-refractivity contribution in [3.8, 4) is 17.5 Å². The Kier molecular flexibility index (Phi) is 6.78. The van der Waals surface area contributed by atoms with Crippen LogP contribution in [0.5, 0.6) is 0 Å². The molecule has 34 heavy (non-hydrogen) atoms. The maximum atomic E-state index is 13.0. The second-order valence-corrected chi connectivity index (χ2v) is 7.48. The number of H-pyrrole nitrogens is 1. The Morgan fingerprint density at radius 1 is 1.12 bits per heavy atom. The average molecular weight is 463 g/mol. The van der Waals surface area contributed by atoms with Crippen LogP contribution < -0.4 is 5.32 Å². The Hall–Kier alpha value is -4.32. The number of alkyl halides is 3. The molecule has 4 aromatic rings. The number of nitrogens with zero attached hydrogens (tertiary/aromatic N) is 3. The third kappa shape index (κ3) is 5.72. The largest absolute Gasteiger partial charge is 0.416 e. The molecule has 0 aliphatic carbocycles. The molecule has 2 aromatic heterocycles. The maximum absolute atomic E-state index is 13.0. The molecule has 4 rings (SSSR count). The first-order valence-corrected chi connectivity index (χ1v) is 10.5. The number of carbonyl (C=O) groups excluding carboxylic acids is 1. The zero-order valence-corrected chi connectivity index (χ0v) is 17.9. The van der Waals surface area contributed by atoms with Gasteiger partial charge in [-0.05, 0) is 60.9 Å². The molecule has 9 heteroatoms. The summed E-state index contributed by atoms with van der Waals surface area (Å²) in [6.07, 6.45) is 3.95. The van der Waals surface area contributed by atoms with E-state index in [1.807, 2.05) is 6.20 Å². The number of aryl methyl sites for hydroxylation is 1. The zero-order chi connectivity index (χ0) is 24.0. The van der Waals surface area contributed by atoms with Gasteiger partial charge < -0.3 is 5.32 Å². The maximum Gasteiger partial charge on any atom is 0.416 e. The lowest BCUT2D eigenvalue weighted by molar-refractivity contribution is -0.137. The topological polar surface area (TPSA) is 75.6 Å². The predicted octanol–water partition coefficient (Wildman–Crippen LogP) is 4.38. The Bertz CT molecular complexity index is 1320. The van der Waals surface area contributed by atoms with Crippen molar-refractivity contribution in [2.45, 2.75) is 19.0 Å². The van der Waals surface area contributed by atoms with Gasteiger partial charge in [0.15, 0.2) is 0 Å². The van der Waals surface area contributed by atoms with Gasteiger partial charge in [-0.1, -0.05) is 17.9 Å². The molecule has 0 radical (unpaired) electrons. The van der Waals surface area contributed by atoms with Gasteiger partial charge in [0.2, 0.25) is 0 Å². The van der Waals surface area contributed by atoms with Crippen molar-refractivity contribution in [3.63, 3.8) is 0 Å². The highest BCUT2D eigenvalue weighted by atomic mass is 19.4. The van der Waals surface area contributed by atoms with E-state index < -0.39 is 11.7 Å². The van der Waals surface area contributed by atoms with E-state index in [2.05, 4.69) is 32.5 Å². The minimum atomic E-state index is -4.45. The van der Waals surface area contributed by atoms with Crippen LogP contribution in [0.3, 0.4) is 0 Å². The number of benzene rings is 2. The molecule has 0 unspecified atom stereocenters. The van der Waals surface area contributed by atoms with Crippen molar-refractivity contribution in [2.75, 3.05) is 6.54 Å². The van der Waals surface area contributed by atoms with Crippen LogP contribution in [0, 0.1) is 11.8 Å². The number of nitrogens with one attached hydrogen (secondary N) is 2. The highest BCUT2D eigenvalue weighted by Gasteiger charge is 2.30. The van der Waals surface area contributed by atoms with Gasteiger partial charge in [0.05, 0.1) is 23.0 Å². The molecule has 0 atom stereocenters. The van der Waals surface area contributed by atoms with E-state index in [0.717, 1.165) is 30.5 Å². The molecule has 2 heterocycles. The minimum absolute atomic E-state index is 0.218. The summed E-state index contributed by atoms with van der Waals surface area (Å²) in [5.41, 5.74) is 1.98. The number of amides is 1. The third-order valence-corrected chi connectivity index (χ3v) is 5.02. The van der Waals surface area contributed by atoms with Crippen molar-refractivity contribution in [2.24, 2.45) is 0 Å². The van der Waals surface area contributed by atoms with Crippen LogP contribution in [0.1, 0.15) is 39.0 Å². The normalized spacial score (nSPS) is 11.0. The molecule has 2 N–H and O–H groups in total. The smallest absolute Gasteiger partial charge is 0.352 e. The van der Waals surface area contributed by atoms with Crippen LogP contribution in [0.15, 0.2) is 73.3 Å². The Morgan fingerprint density at radius 3 is 2.74 bits per heavy atom. The molecule has 0 bridgehead atoms. The molecular formula is C25H20F3N5O. The first-order chi connectivity index (χ1) is 16.4. The summed E-state index contributed by atoms with van der Waals surface area (Å²) in [4.78, 5) is 12.7. The quantitative estimate of drug-likeness (QED) is 0.329. The SMILES string of the molecule is O=C(NCCCc1cn[nH]c1)c1ccc(-n2cccn2)c(C#Cc2cccc(C(F)(F)F)c2)c1. The number of hydrogen-bond donors (Lipinski definition) is 2. The van der Waals surface area contributed by atoms with Gasteiger partial charge >= 0.3 is 6.18 Å². The summed E-state index contributed by atoms with van der Waals surface area (Å²) in [5.74, 6) is 5.42. The zero-order valence-electron chi connectivity index (χ0n) is 17.9. The van der Waals surface area contributed by atoms with E-state index in [1.165, 1.54) is 12.1 Å². The van der Waals surface area contributed by atoms with Gasteiger partial charge in [-0.2, -0.15) is 23.4 Å². The first-order valence-electron chi connectivity index (χ1n) is 10.5. The second kappa shape index (κ2) is 10.1. The molecule has 172 valence electrons. The van der Waals surface area contributed by atoms with E-state index in [9.17, 15) is 18.0 Å². The molecule has 0 aliphatic heterocycles. The number of aromatic nitrogens is 4. The summed E-state index contributed by atoms with van der Waals surface area (Å²) >= 11 is 0. The molecule has 1 amide bonds. The molecule has 0 fully saturated rings. The summed E-state index contributed by atoms with van der Waals surface area (Å²) in [6.45, 7) is 0.482. The van der Waals surface area contributed by atoms with E-state index in [1.54, 1.807) is 47.5 Å². The van der Waals surface area contributed by atoms with Crippen LogP contribution in [-0.4, -0.2) is 32.4 Å². The molecule has 2 aromatic carbocycles. The predicted molar refractivity (Wildman–Crippen MR) is 120 cm³/mol. The standard InChI is InChI=1S/C25H20F3N5O/c26-25(27,28)22-6-1-4-18(14-22)7-8-20-15-21(9-10-23(20)33-13-3-12-32-33)24(34)29-11-2-5-19-16-30-31-17-19/h1,3-4,6,9-10,12-17H,2,5,11H2,(H,29,34)(H,30,31). The summed E-state index contributed by atoms with van der Waals surface area (Å²) < 4.78 is 40.6. The Morgan fingerprint density at radius 2 is 2.00 bits per heavy atom. The molecule has 0 aliphatic rings. The monoisotopic (exact) mass is 463 g/mol. The average Bonchev–Trinajstić information content (AvgIpc) is 3.54. The van der Waals surface area contributed by atoms with Crippen molar-refractivity contribution < 1.29 is 18.0 Å². The number of hydrogen-bond acceptors (Lipinski definition) is 3. The van der Waals surface area contributed by atoms with Gasteiger partial charge in [-0.3, -0.25) is 9.89 Å². The second-order valence-electron chi connectivity index (χ2n) is 7.48. The van der Waals surface area contributed by atoms with Gasteiger partial charge in [0.25, 0.3) is 5.91 Å². The van der Waals surface area contributed by atoms with Crippen molar-refractivity contribution in [1.29, 1.82) is 0 Å². The minimum Gasteiger partial charge on any atom is -0.352 e. The van der Waals surface area contributed by atoms with Gasteiger partial charge in [-0.15, -0.1) is 0 Å². The van der Waals surface area contributed by atoms with Crippen LogP contribution in [0.4, 0.5) is 13.2 Å². The van der Waals surface area contributed by atoms with Gasteiger partial charge in [-0.25, -0.2) is 4.68 Å². The van der Waals surface area contributed by atoms with Crippen molar-refractivity contribution in [3.05, 3.63) is 101 Å². The summed E-state index contributed by atoms with van der Waals surface area (Å²) in [6, 6.07) is 11.5. The van der Waals surface area contributed by atoms with Crippen LogP contribution in [0.25, 0.3) is 5.69 Å². The third-order valence-electron chi connectivity index (χ3n) is 5.02. The number of carbonyl (C=O) groups is 1. The Balaban J connectivity index is 1.55. The summed E-state index contributed by atoms with van der Waals surface area (Å²) in [7, 11) is 0. The van der Waals surface area contributed by atoms with Crippen LogP contribution in [-0.2, 0) is 12.6 Å². The fraction of sp³-hybridized carbons (Fsp3) is 0.160. The van der Waals surface area contributed by atoms with Crippen molar-refractivity contribution in [1.82, 2.24) is 25.3 Å². The van der Waals surface area contributed by atoms with E-state index >= 15 is 0 Å². The Labute approximate surface area is 193 Å². The molecule has 0 saturated heterocycles. The van der Waals surface area contributed by atoms with E-state index in [4.69, 9.17) is 0 Å². The van der Waals surface area contributed by atoms with Crippen LogP contribution in [0.2, 0.25) is 0 Å². The highest BCUT2D eigenvalue weighted by Crippen LogP contribution is 2.29. The fourth-order valence-corrected chi connectivity index (χ4v) is 3.31. The highest BCUT2D eigenvalue weighted by molar-refractivity contribution is 5.95. The lowest BCUT2D eigenvalue weighted by Crippen LogP contribution is -2.25. The van der Waals surface area contributed by atoms with Gasteiger partial charge in [0.1, 0.15) is 0 Å². The lowest BCUT2D eigenvalue weighted by Gasteiger charge is -2.09. The number of rotatable bonds is 6. The van der Waals surface area contributed by atoms with Gasteiger partial charge in [0, 0.05) is 36.3 Å². The van der Waals surface area contributed by atoms with E-state index in [-0.39, 0.29) is 11.5 Å². The molecular weight excluding hydrogens is 443 g/mol. The first kappa shape index (κ1) is 22.9. The van der Waals surface area contributed by atoms with E-state index in [0.29, 0.717) is 23.4 Å².